The van der Waals surface area contributed by atoms with Gasteiger partial charge in [-0.1, -0.05) is 20.8 Å². The summed E-state index contributed by atoms with van der Waals surface area (Å²) in [7, 11) is 3.49. The second-order valence-electron chi connectivity index (χ2n) is 6.71. The molecule has 0 saturated heterocycles. The summed E-state index contributed by atoms with van der Waals surface area (Å²) >= 11 is 3.51. The zero-order chi connectivity index (χ0) is 17.7. The number of benzene rings is 1. The summed E-state index contributed by atoms with van der Waals surface area (Å²) in [5.74, 6) is 2.25. The number of hydrogen-bond acceptors (Lipinski definition) is 4. The van der Waals surface area contributed by atoms with Gasteiger partial charge in [-0.05, 0) is 39.0 Å². The number of ether oxygens (including phenoxy) is 3. The highest BCUT2D eigenvalue weighted by Gasteiger charge is 2.24. The van der Waals surface area contributed by atoms with Crippen molar-refractivity contribution in [2.24, 2.45) is 10.4 Å². The van der Waals surface area contributed by atoms with Crippen LogP contribution >= 0.6 is 39.9 Å². The van der Waals surface area contributed by atoms with Crippen molar-refractivity contribution >= 4 is 45.9 Å². The molecule has 6 nitrogen and oxygen atoms in total. The molecule has 0 aliphatic carbocycles. The monoisotopic (exact) mass is 527 g/mol. The third-order valence-electron chi connectivity index (χ3n) is 3.88. The summed E-state index contributed by atoms with van der Waals surface area (Å²) in [5, 5.41) is 6.61. The van der Waals surface area contributed by atoms with Crippen LogP contribution in [0.1, 0.15) is 26.3 Å². The number of rotatable bonds is 5. The van der Waals surface area contributed by atoms with Crippen molar-refractivity contribution in [3.05, 3.63) is 22.2 Å². The molecule has 1 aromatic carbocycles. The molecule has 0 radical (unpaired) electrons. The van der Waals surface area contributed by atoms with Crippen LogP contribution in [0.15, 0.2) is 21.6 Å². The zero-order valence-corrected chi connectivity index (χ0v) is 19.2. The van der Waals surface area contributed by atoms with Gasteiger partial charge in [-0.15, -0.1) is 24.0 Å². The van der Waals surface area contributed by atoms with Crippen molar-refractivity contribution in [1.82, 2.24) is 10.6 Å². The van der Waals surface area contributed by atoms with Crippen LogP contribution in [0.5, 0.6) is 11.5 Å². The van der Waals surface area contributed by atoms with Gasteiger partial charge in [0.25, 0.3) is 0 Å². The normalized spacial score (nSPS) is 14.7. The molecule has 0 spiro atoms. The smallest absolute Gasteiger partial charge is 0.231 e. The summed E-state index contributed by atoms with van der Waals surface area (Å²) in [4.78, 5) is 4.26. The van der Waals surface area contributed by atoms with E-state index in [4.69, 9.17) is 14.2 Å². The highest BCUT2D eigenvalue weighted by Crippen LogP contribution is 2.39. The second-order valence-corrected chi connectivity index (χ2v) is 7.56. The Kier molecular flexibility index (Phi) is 8.76. The molecule has 1 aromatic rings. The van der Waals surface area contributed by atoms with E-state index in [1.54, 1.807) is 14.2 Å². The average Bonchev–Trinajstić information content (AvgIpc) is 2.98. The third-order valence-corrected chi connectivity index (χ3v) is 4.46. The van der Waals surface area contributed by atoms with Crippen LogP contribution in [0, 0.1) is 5.41 Å². The van der Waals surface area contributed by atoms with E-state index in [0.717, 1.165) is 27.5 Å². The minimum atomic E-state index is 0. The Bertz CT molecular complexity index is 606. The van der Waals surface area contributed by atoms with Crippen LogP contribution in [0.3, 0.4) is 0 Å². The SMILES string of the molecule is CN=C(NCc1cc(Br)c2c(c1)OCO2)NCC(OC)C(C)(C)C.I. The molecule has 8 heteroatoms. The Balaban J connectivity index is 0.00000312. The molecule has 2 rings (SSSR count). The highest BCUT2D eigenvalue weighted by atomic mass is 127. The number of nitrogens with one attached hydrogen (secondary N) is 2. The van der Waals surface area contributed by atoms with Crippen molar-refractivity contribution in [2.45, 2.75) is 33.4 Å². The molecule has 1 aliphatic heterocycles. The van der Waals surface area contributed by atoms with Crippen LogP contribution in [0.25, 0.3) is 0 Å². The lowest BCUT2D eigenvalue weighted by molar-refractivity contribution is 0.0205. The molecule has 1 aliphatic rings. The van der Waals surface area contributed by atoms with E-state index < -0.39 is 0 Å². The molecule has 0 fully saturated rings. The van der Waals surface area contributed by atoms with E-state index >= 15 is 0 Å². The average molecular weight is 528 g/mol. The van der Waals surface area contributed by atoms with E-state index in [9.17, 15) is 0 Å². The topological polar surface area (TPSA) is 64.1 Å². The second kappa shape index (κ2) is 9.82. The van der Waals surface area contributed by atoms with Crippen LogP contribution < -0.4 is 20.1 Å². The summed E-state index contributed by atoms with van der Waals surface area (Å²) < 4.78 is 17.3. The van der Waals surface area contributed by atoms with E-state index in [1.165, 1.54) is 0 Å². The standard InChI is InChI=1S/C17H26BrN3O3.HI/c1-17(2,3)14(22-5)9-21-16(19-4)20-8-11-6-12(18)15-13(7-11)23-10-24-15;/h6-7,14H,8-10H2,1-5H3,(H2,19,20,21);1H. The summed E-state index contributed by atoms with van der Waals surface area (Å²) in [6.45, 7) is 8.04. The van der Waals surface area contributed by atoms with Gasteiger partial charge in [0.2, 0.25) is 6.79 Å². The van der Waals surface area contributed by atoms with Crippen molar-refractivity contribution < 1.29 is 14.2 Å². The molecule has 0 saturated carbocycles. The van der Waals surface area contributed by atoms with Crippen molar-refractivity contribution in [1.29, 1.82) is 0 Å². The maximum absolute atomic E-state index is 5.56. The molecule has 1 atom stereocenters. The van der Waals surface area contributed by atoms with Gasteiger partial charge in [0.05, 0.1) is 10.6 Å². The fourth-order valence-corrected chi connectivity index (χ4v) is 3.07. The van der Waals surface area contributed by atoms with Gasteiger partial charge in [-0.2, -0.15) is 0 Å². The molecule has 25 heavy (non-hydrogen) atoms. The molecule has 1 unspecified atom stereocenters. The van der Waals surface area contributed by atoms with Gasteiger partial charge in [0.15, 0.2) is 17.5 Å². The Hall–Kier alpha value is -0.740. The van der Waals surface area contributed by atoms with Gasteiger partial charge in [-0.25, -0.2) is 0 Å². The Labute approximate surface area is 175 Å². The van der Waals surface area contributed by atoms with Crippen molar-refractivity contribution in [2.75, 3.05) is 27.5 Å². The molecule has 0 aromatic heterocycles. The summed E-state index contributed by atoms with van der Waals surface area (Å²) in [6, 6.07) is 3.99. The van der Waals surface area contributed by atoms with Crippen LogP contribution in [-0.2, 0) is 11.3 Å². The zero-order valence-electron chi connectivity index (χ0n) is 15.3. The van der Waals surface area contributed by atoms with Crippen LogP contribution in [0.4, 0.5) is 0 Å². The first kappa shape index (κ1) is 22.3. The maximum Gasteiger partial charge on any atom is 0.231 e. The van der Waals surface area contributed by atoms with Gasteiger partial charge >= 0.3 is 0 Å². The lowest BCUT2D eigenvalue weighted by Gasteiger charge is -2.30. The van der Waals surface area contributed by atoms with E-state index in [2.05, 4.69) is 52.3 Å². The molecular formula is C17H27BrIN3O3. The maximum atomic E-state index is 5.56. The Morgan fingerprint density at radius 1 is 1.32 bits per heavy atom. The first-order valence-electron chi connectivity index (χ1n) is 7.90. The van der Waals surface area contributed by atoms with Crippen LogP contribution in [-0.4, -0.2) is 39.6 Å². The Morgan fingerprint density at radius 2 is 2.04 bits per heavy atom. The minimum absolute atomic E-state index is 0. The minimum Gasteiger partial charge on any atom is -0.454 e. The van der Waals surface area contributed by atoms with E-state index in [0.29, 0.717) is 13.1 Å². The largest absolute Gasteiger partial charge is 0.454 e. The Morgan fingerprint density at radius 3 is 2.64 bits per heavy atom. The first-order valence-corrected chi connectivity index (χ1v) is 8.69. The number of halogens is 2. The number of nitrogens with zero attached hydrogens (tertiary/aromatic N) is 1. The lowest BCUT2D eigenvalue weighted by atomic mass is 9.89. The predicted octanol–water partition coefficient (Wildman–Crippen LogP) is 3.52. The fourth-order valence-electron chi connectivity index (χ4n) is 2.46. The fraction of sp³-hybridized carbons (Fsp3) is 0.588. The van der Waals surface area contributed by atoms with Crippen molar-refractivity contribution in [3.8, 4) is 11.5 Å². The lowest BCUT2D eigenvalue weighted by Crippen LogP contribution is -2.45. The van der Waals surface area contributed by atoms with Gasteiger partial charge in [-0.3, -0.25) is 4.99 Å². The predicted molar refractivity (Wildman–Crippen MR) is 114 cm³/mol. The molecule has 142 valence electrons. The molecule has 1 heterocycles. The molecular weight excluding hydrogens is 501 g/mol. The van der Waals surface area contributed by atoms with Crippen molar-refractivity contribution in [3.63, 3.8) is 0 Å². The van der Waals surface area contributed by atoms with Gasteiger partial charge < -0.3 is 24.8 Å². The van der Waals surface area contributed by atoms with Gasteiger partial charge in [0, 0.05) is 27.2 Å². The van der Waals surface area contributed by atoms with Crippen LogP contribution in [0.2, 0.25) is 0 Å². The summed E-state index contributed by atoms with van der Waals surface area (Å²) in [5.41, 5.74) is 1.14. The van der Waals surface area contributed by atoms with E-state index in [-0.39, 0.29) is 42.3 Å². The summed E-state index contributed by atoms with van der Waals surface area (Å²) in [6.07, 6.45) is 0.0933. The highest BCUT2D eigenvalue weighted by molar-refractivity contribution is 14.0. The first-order chi connectivity index (χ1) is 11.3. The number of hydrogen-bond donors (Lipinski definition) is 2. The number of methoxy groups -OCH3 is 1. The van der Waals surface area contributed by atoms with E-state index in [1.807, 2.05) is 12.1 Å². The number of fused-ring (bicyclic) bond motifs is 1. The molecule has 0 bridgehead atoms. The molecule has 0 amide bonds. The molecule has 2 N–H and O–H groups in total. The number of aliphatic imine (C=N–C) groups is 1. The quantitative estimate of drug-likeness (QED) is 0.348. The van der Waals surface area contributed by atoms with Gasteiger partial charge in [0.1, 0.15) is 0 Å². The third kappa shape index (κ3) is 6.18. The number of guanidine groups is 1.